The van der Waals surface area contributed by atoms with Crippen molar-refractivity contribution in [2.24, 2.45) is 0 Å². The zero-order chi connectivity index (χ0) is 16.4. The predicted octanol–water partition coefficient (Wildman–Crippen LogP) is 2.79. The third-order valence-corrected chi connectivity index (χ3v) is 3.76. The van der Waals surface area contributed by atoms with Crippen LogP contribution in [0.5, 0.6) is 0 Å². The molecule has 1 aliphatic rings. The summed E-state index contributed by atoms with van der Waals surface area (Å²) < 4.78 is 5.10. The summed E-state index contributed by atoms with van der Waals surface area (Å²) in [4.78, 5) is 37.2. The maximum absolute atomic E-state index is 12.1. The van der Waals surface area contributed by atoms with Crippen LogP contribution >= 0.6 is 11.6 Å². The summed E-state index contributed by atoms with van der Waals surface area (Å²) >= 11 is 5.75. The van der Waals surface area contributed by atoms with Crippen LogP contribution in [0.4, 0.5) is 0 Å². The Balaban J connectivity index is 1.60. The lowest BCUT2D eigenvalue weighted by atomic mass is 10.1. The molecule has 0 saturated carbocycles. The smallest absolute Gasteiger partial charge is 0.338 e. The normalized spacial score (nSPS) is 13.2. The minimum atomic E-state index is -0.529. The molecular formula is C17H12ClNO4. The quantitative estimate of drug-likeness (QED) is 0.639. The summed E-state index contributed by atoms with van der Waals surface area (Å²) in [7, 11) is 0. The van der Waals surface area contributed by atoms with Crippen LogP contribution in [0.1, 0.15) is 31.1 Å². The first kappa shape index (κ1) is 15.2. The lowest BCUT2D eigenvalue weighted by molar-refractivity contribution is 0.0420. The van der Waals surface area contributed by atoms with E-state index in [2.05, 4.69) is 0 Å². The van der Waals surface area contributed by atoms with Gasteiger partial charge in [0.05, 0.1) is 23.2 Å². The Hall–Kier alpha value is -2.66. The maximum atomic E-state index is 12.1. The lowest BCUT2D eigenvalue weighted by Gasteiger charge is -2.13. The highest BCUT2D eigenvalue weighted by molar-refractivity contribution is 6.30. The van der Waals surface area contributed by atoms with Gasteiger partial charge in [-0.2, -0.15) is 0 Å². The molecule has 0 fully saturated rings. The van der Waals surface area contributed by atoms with Gasteiger partial charge in [-0.1, -0.05) is 23.7 Å². The van der Waals surface area contributed by atoms with Crippen LogP contribution in [0.15, 0.2) is 48.5 Å². The number of carbonyl (C=O) groups is 3. The Morgan fingerprint density at radius 1 is 0.957 bits per heavy atom. The highest BCUT2D eigenvalue weighted by atomic mass is 35.5. The second kappa shape index (κ2) is 6.22. The largest absolute Gasteiger partial charge is 0.460 e. The standard InChI is InChI=1S/C17H12ClNO4/c18-12-7-5-11(6-8-12)17(22)23-10-9-19-15(20)13-3-1-2-4-14(13)16(19)21/h1-8H,9-10H2. The van der Waals surface area contributed by atoms with Gasteiger partial charge in [-0.15, -0.1) is 0 Å². The van der Waals surface area contributed by atoms with E-state index >= 15 is 0 Å². The Kier molecular flexibility index (Phi) is 4.12. The van der Waals surface area contributed by atoms with Crippen LogP contribution in [-0.2, 0) is 4.74 Å². The third-order valence-electron chi connectivity index (χ3n) is 3.51. The van der Waals surface area contributed by atoms with Crippen LogP contribution in [-0.4, -0.2) is 35.8 Å². The van der Waals surface area contributed by atoms with Crippen molar-refractivity contribution >= 4 is 29.4 Å². The number of hydrogen-bond donors (Lipinski definition) is 0. The zero-order valence-corrected chi connectivity index (χ0v) is 12.7. The van der Waals surface area contributed by atoms with Crippen LogP contribution in [0.2, 0.25) is 5.02 Å². The zero-order valence-electron chi connectivity index (χ0n) is 12.0. The number of imide groups is 1. The number of esters is 1. The van der Waals surface area contributed by atoms with Crippen molar-refractivity contribution in [3.05, 3.63) is 70.2 Å². The summed E-state index contributed by atoms with van der Waals surface area (Å²) in [5, 5.41) is 0.521. The summed E-state index contributed by atoms with van der Waals surface area (Å²) in [6.07, 6.45) is 0. The van der Waals surface area contributed by atoms with Crippen molar-refractivity contribution in [3.8, 4) is 0 Å². The van der Waals surface area contributed by atoms with Crippen molar-refractivity contribution in [2.45, 2.75) is 0 Å². The van der Waals surface area contributed by atoms with E-state index in [1.807, 2.05) is 0 Å². The van der Waals surface area contributed by atoms with E-state index in [0.29, 0.717) is 21.7 Å². The summed E-state index contributed by atoms with van der Waals surface area (Å²) in [5.74, 6) is -1.26. The number of fused-ring (bicyclic) bond motifs is 1. The molecule has 0 spiro atoms. The first-order valence-electron chi connectivity index (χ1n) is 6.96. The van der Waals surface area contributed by atoms with E-state index in [4.69, 9.17) is 16.3 Å². The van der Waals surface area contributed by atoms with Crippen molar-refractivity contribution in [2.75, 3.05) is 13.2 Å². The van der Waals surface area contributed by atoms with Crippen LogP contribution in [0.25, 0.3) is 0 Å². The first-order valence-corrected chi connectivity index (χ1v) is 7.33. The van der Waals surface area contributed by atoms with Crippen LogP contribution in [0.3, 0.4) is 0 Å². The molecule has 1 heterocycles. The molecule has 0 aromatic heterocycles. The minimum Gasteiger partial charge on any atom is -0.460 e. The number of hydrogen-bond acceptors (Lipinski definition) is 4. The molecule has 0 aliphatic carbocycles. The van der Waals surface area contributed by atoms with Gasteiger partial charge in [-0.05, 0) is 36.4 Å². The molecule has 2 aromatic carbocycles. The first-order chi connectivity index (χ1) is 11.1. The van der Waals surface area contributed by atoms with E-state index < -0.39 is 5.97 Å². The van der Waals surface area contributed by atoms with Gasteiger partial charge in [-0.25, -0.2) is 4.79 Å². The SMILES string of the molecule is O=C(OCCN1C(=O)c2ccccc2C1=O)c1ccc(Cl)cc1. The second-order valence-electron chi connectivity index (χ2n) is 4.95. The van der Waals surface area contributed by atoms with Gasteiger partial charge < -0.3 is 4.74 Å². The molecule has 6 heteroatoms. The predicted molar refractivity (Wildman–Crippen MR) is 83.5 cm³/mol. The topological polar surface area (TPSA) is 63.7 Å². The van der Waals surface area contributed by atoms with Crippen molar-refractivity contribution in [1.82, 2.24) is 4.90 Å². The van der Waals surface area contributed by atoms with Gasteiger partial charge in [0.15, 0.2) is 0 Å². The molecular weight excluding hydrogens is 318 g/mol. The van der Waals surface area contributed by atoms with Crippen LogP contribution < -0.4 is 0 Å². The average Bonchev–Trinajstić information content (AvgIpc) is 2.81. The van der Waals surface area contributed by atoms with Crippen LogP contribution in [0, 0.1) is 0 Å². The number of ether oxygens (including phenoxy) is 1. The molecule has 0 atom stereocenters. The number of rotatable bonds is 4. The fourth-order valence-electron chi connectivity index (χ4n) is 2.34. The van der Waals surface area contributed by atoms with Crippen molar-refractivity contribution in [3.63, 3.8) is 0 Å². The van der Waals surface area contributed by atoms with Gasteiger partial charge in [0.2, 0.25) is 0 Å². The van der Waals surface area contributed by atoms with Gasteiger partial charge in [-0.3, -0.25) is 14.5 Å². The molecule has 116 valence electrons. The number of halogens is 1. The fourth-order valence-corrected chi connectivity index (χ4v) is 2.47. The Morgan fingerprint density at radius 2 is 1.52 bits per heavy atom. The monoisotopic (exact) mass is 329 g/mol. The molecule has 0 bridgehead atoms. The van der Waals surface area contributed by atoms with E-state index in [0.717, 1.165) is 4.90 Å². The molecule has 0 N–H and O–H groups in total. The molecule has 1 aliphatic heterocycles. The molecule has 5 nitrogen and oxygen atoms in total. The fraction of sp³-hybridized carbons (Fsp3) is 0.118. The molecule has 0 unspecified atom stereocenters. The maximum Gasteiger partial charge on any atom is 0.338 e. The molecule has 0 radical (unpaired) electrons. The van der Waals surface area contributed by atoms with Gasteiger partial charge in [0.25, 0.3) is 11.8 Å². The van der Waals surface area contributed by atoms with Gasteiger partial charge in [0.1, 0.15) is 6.61 Å². The van der Waals surface area contributed by atoms with E-state index in [1.54, 1.807) is 48.5 Å². The number of carbonyl (C=O) groups excluding carboxylic acids is 3. The number of benzene rings is 2. The van der Waals surface area contributed by atoms with Gasteiger partial charge >= 0.3 is 5.97 Å². The van der Waals surface area contributed by atoms with Crippen molar-refractivity contribution in [1.29, 1.82) is 0 Å². The summed E-state index contributed by atoms with van der Waals surface area (Å²) in [5.41, 5.74) is 1.11. The van der Waals surface area contributed by atoms with E-state index in [-0.39, 0.29) is 25.0 Å². The summed E-state index contributed by atoms with van der Waals surface area (Å²) in [6, 6.07) is 12.9. The highest BCUT2D eigenvalue weighted by Gasteiger charge is 2.34. The molecule has 3 rings (SSSR count). The second-order valence-corrected chi connectivity index (χ2v) is 5.39. The van der Waals surface area contributed by atoms with E-state index in [9.17, 15) is 14.4 Å². The number of nitrogens with zero attached hydrogens (tertiary/aromatic N) is 1. The Morgan fingerprint density at radius 3 is 2.09 bits per heavy atom. The molecule has 23 heavy (non-hydrogen) atoms. The molecule has 2 amide bonds. The Bertz CT molecular complexity index is 750. The minimum absolute atomic E-state index is 0.0195. The molecule has 0 saturated heterocycles. The summed E-state index contributed by atoms with van der Waals surface area (Å²) in [6.45, 7) is -0.0431. The lowest BCUT2D eigenvalue weighted by Crippen LogP contribution is -2.33. The molecule has 2 aromatic rings. The Labute approximate surface area is 137 Å². The third kappa shape index (κ3) is 2.96. The number of amides is 2. The van der Waals surface area contributed by atoms with Gasteiger partial charge in [0, 0.05) is 5.02 Å². The van der Waals surface area contributed by atoms with E-state index in [1.165, 1.54) is 0 Å². The highest BCUT2D eigenvalue weighted by Crippen LogP contribution is 2.22. The van der Waals surface area contributed by atoms with Crippen molar-refractivity contribution < 1.29 is 19.1 Å². The average molecular weight is 330 g/mol.